The molecule has 0 aliphatic rings. The molecule has 0 spiro atoms. The van der Waals surface area contributed by atoms with E-state index in [0.717, 1.165) is 12.1 Å². The summed E-state index contributed by atoms with van der Waals surface area (Å²) in [4.78, 5) is 28.4. The van der Waals surface area contributed by atoms with E-state index >= 15 is 0 Å². The highest BCUT2D eigenvalue weighted by Crippen LogP contribution is 2.30. The number of carbonyl (C=O) groups excluding carboxylic acids is 1. The van der Waals surface area contributed by atoms with Crippen molar-refractivity contribution in [3.63, 3.8) is 0 Å². The molecular weight excluding hydrogens is 423 g/mol. The summed E-state index contributed by atoms with van der Waals surface area (Å²) in [5.41, 5.74) is 1.20. The van der Waals surface area contributed by atoms with E-state index in [1.54, 1.807) is 43.5 Å². The fraction of sp³-hybridized carbons (Fsp3) is 0.261. The molecule has 1 amide bonds. The number of amides is 1. The average molecular weight is 445 g/mol. The number of halogens is 3. The normalized spacial score (nSPS) is 12.4. The van der Waals surface area contributed by atoms with Crippen LogP contribution in [0.5, 0.6) is 0 Å². The fourth-order valence-corrected chi connectivity index (χ4v) is 3.48. The molecule has 3 rings (SSSR count). The molecule has 6 nitrogen and oxygen atoms in total. The summed E-state index contributed by atoms with van der Waals surface area (Å²) in [6.45, 7) is 5.16. The van der Waals surface area contributed by atoms with Crippen molar-refractivity contribution in [3.8, 4) is 0 Å². The lowest BCUT2D eigenvalue weighted by Crippen LogP contribution is -2.29. The average Bonchev–Trinajstić information content (AvgIpc) is 3.00. The number of nitrogens with one attached hydrogen (secondary N) is 1. The van der Waals surface area contributed by atoms with E-state index in [-0.39, 0.29) is 17.8 Å². The van der Waals surface area contributed by atoms with Gasteiger partial charge >= 0.3 is 12.1 Å². The molecule has 32 heavy (non-hydrogen) atoms. The number of alkyl halides is 3. The Labute approximate surface area is 182 Å². The first-order valence-corrected chi connectivity index (χ1v) is 9.81. The van der Waals surface area contributed by atoms with E-state index in [9.17, 15) is 22.8 Å². The molecule has 0 aliphatic carbocycles. The van der Waals surface area contributed by atoms with Crippen molar-refractivity contribution in [2.75, 3.05) is 0 Å². The van der Waals surface area contributed by atoms with Gasteiger partial charge in [0.2, 0.25) is 0 Å². The molecule has 3 aromatic rings. The predicted molar refractivity (Wildman–Crippen MR) is 112 cm³/mol. The largest absolute Gasteiger partial charge is 0.478 e. The lowest BCUT2D eigenvalue weighted by molar-refractivity contribution is -0.137. The summed E-state index contributed by atoms with van der Waals surface area (Å²) in [5.74, 6) is -0.966. The minimum Gasteiger partial charge on any atom is -0.478 e. The van der Waals surface area contributed by atoms with Gasteiger partial charge in [-0.25, -0.2) is 9.78 Å². The Hall–Kier alpha value is -3.62. The van der Waals surface area contributed by atoms with Crippen LogP contribution in [0.15, 0.2) is 48.5 Å². The van der Waals surface area contributed by atoms with Crippen molar-refractivity contribution in [1.82, 2.24) is 14.9 Å². The van der Waals surface area contributed by atoms with Crippen LogP contribution in [0.25, 0.3) is 0 Å². The number of nitrogens with zero attached hydrogens (tertiary/aromatic N) is 2. The van der Waals surface area contributed by atoms with Gasteiger partial charge in [0.15, 0.2) is 0 Å². The van der Waals surface area contributed by atoms with E-state index in [1.165, 1.54) is 18.2 Å². The zero-order chi connectivity index (χ0) is 23.6. The predicted octanol–water partition coefficient (Wildman–Crippen LogP) is 4.76. The van der Waals surface area contributed by atoms with Crippen LogP contribution in [0.4, 0.5) is 13.2 Å². The Kier molecular flexibility index (Phi) is 6.38. The molecule has 2 N–H and O–H groups in total. The van der Waals surface area contributed by atoms with Crippen LogP contribution in [0, 0.1) is 13.8 Å². The molecule has 1 aromatic heterocycles. The summed E-state index contributed by atoms with van der Waals surface area (Å²) in [5, 5.41) is 11.9. The van der Waals surface area contributed by atoms with E-state index in [4.69, 9.17) is 5.11 Å². The highest BCUT2D eigenvalue weighted by atomic mass is 19.4. The molecule has 0 radical (unpaired) electrons. The SMILES string of the molecule is Cc1nc(C)n(Cc2cccc(C(F)(F)F)c2)c1C(=O)NC(C)c1ccc(C(=O)O)cc1. The Bertz CT molecular complexity index is 1150. The number of hydrogen-bond acceptors (Lipinski definition) is 3. The quantitative estimate of drug-likeness (QED) is 0.573. The third-order valence-electron chi connectivity index (χ3n) is 5.15. The molecule has 0 bridgehead atoms. The maximum Gasteiger partial charge on any atom is 0.416 e. The van der Waals surface area contributed by atoms with Gasteiger partial charge < -0.3 is 15.0 Å². The number of aryl methyl sites for hydroxylation is 2. The smallest absolute Gasteiger partial charge is 0.416 e. The molecule has 1 heterocycles. The monoisotopic (exact) mass is 445 g/mol. The van der Waals surface area contributed by atoms with Crippen LogP contribution < -0.4 is 5.32 Å². The molecule has 0 fully saturated rings. The maximum atomic E-state index is 13.1. The third kappa shape index (κ3) is 4.99. The van der Waals surface area contributed by atoms with Gasteiger partial charge in [-0.15, -0.1) is 0 Å². The first kappa shape index (κ1) is 23.1. The Balaban J connectivity index is 1.84. The minimum absolute atomic E-state index is 0.0566. The molecule has 0 aliphatic heterocycles. The molecule has 1 atom stereocenters. The number of rotatable bonds is 6. The van der Waals surface area contributed by atoms with Crippen LogP contribution in [0.3, 0.4) is 0 Å². The summed E-state index contributed by atoms with van der Waals surface area (Å²) >= 11 is 0. The van der Waals surface area contributed by atoms with Gasteiger partial charge in [0.05, 0.1) is 22.9 Å². The molecule has 1 unspecified atom stereocenters. The zero-order valence-electron chi connectivity index (χ0n) is 17.7. The van der Waals surface area contributed by atoms with Crippen LogP contribution >= 0.6 is 0 Å². The maximum absolute atomic E-state index is 13.1. The Morgan fingerprint density at radius 3 is 2.38 bits per heavy atom. The van der Waals surface area contributed by atoms with Gasteiger partial charge in [-0.05, 0) is 56.2 Å². The highest BCUT2D eigenvalue weighted by molar-refractivity contribution is 5.94. The molecule has 0 saturated carbocycles. The second-order valence-electron chi connectivity index (χ2n) is 7.50. The van der Waals surface area contributed by atoms with Crippen molar-refractivity contribution in [2.24, 2.45) is 0 Å². The van der Waals surface area contributed by atoms with Crippen molar-refractivity contribution >= 4 is 11.9 Å². The van der Waals surface area contributed by atoms with Gasteiger partial charge in [-0.2, -0.15) is 13.2 Å². The number of carbonyl (C=O) groups is 2. The lowest BCUT2D eigenvalue weighted by Gasteiger charge is -2.17. The highest BCUT2D eigenvalue weighted by Gasteiger charge is 2.30. The fourth-order valence-electron chi connectivity index (χ4n) is 3.48. The summed E-state index contributed by atoms with van der Waals surface area (Å²) in [6, 6.07) is 10.7. The molecule has 0 saturated heterocycles. The van der Waals surface area contributed by atoms with E-state index in [2.05, 4.69) is 10.3 Å². The van der Waals surface area contributed by atoms with Gasteiger partial charge in [0.25, 0.3) is 5.91 Å². The number of imidazole rings is 1. The van der Waals surface area contributed by atoms with Crippen molar-refractivity contribution in [3.05, 3.63) is 88.0 Å². The first-order chi connectivity index (χ1) is 15.0. The first-order valence-electron chi connectivity index (χ1n) is 9.81. The van der Waals surface area contributed by atoms with Gasteiger partial charge in [-0.1, -0.05) is 24.3 Å². The van der Waals surface area contributed by atoms with E-state index in [0.29, 0.717) is 22.6 Å². The summed E-state index contributed by atoms with van der Waals surface area (Å²) < 4.78 is 40.8. The Morgan fingerprint density at radius 1 is 1.12 bits per heavy atom. The van der Waals surface area contributed by atoms with Crippen LogP contribution in [-0.2, 0) is 12.7 Å². The number of carboxylic acid groups (broad SMARTS) is 1. The van der Waals surface area contributed by atoms with Crippen molar-refractivity contribution in [1.29, 1.82) is 0 Å². The van der Waals surface area contributed by atoms with Crippen LogP contribution in [0.1, 0.15) is 62.0 Å². The third-order valence-corrected chi connectivity index (χ3v) is 5.15. The van der Waals surface area contributed by atoms with Crippen molar-refractivity contribution < 1.29 is 27.9 Å². The topological polar surface area (TPSA) is 84.2 Å². The van der Waals surface area contributed by atoms with Gasteiger partial charge in [0.1, 0.15) is 11.5 Å². The van der Waals surface area contributed by atoms with Crippen LogP contribution in [0.2, 0.25) is 0 Å². The molecule has 168 valence electrons. The molecule has 2 aromatic carbocycles. The van der Waals surface area contributed by atoms with Crippen LogP contribution in [-0.4, -0.2) is 26.5 Å². The van der Waals surface area contributed by atoms with E-state index in [1.807, 2.05) is 0 Å². The standard InChI is InChI=1S/C23H22F3N3O3/c1-13(17-7-9-18(10-8-17)22(31)32)28-21(30)20-14(2)27-15(3)29(20)12-16-5-4-6-19(11-16)23(24,25)26/h4-11,13H,12H2,1-3H3,(H,28,30)(H,31,32). The summed E-state index contributed by atoms with van der Waals surface area (Å²) in [7, 11) is 0. The second kappa shape index (κ2) is 8.86. The van der Waals surface area contributed by atoms with Crippen molar-refractivity contribution in [2.45, 2.75) is 39.5 Å². The molecule has 9 heteroatoms. The Morgan fingerprint density at radius 2 is 1.78 bits per heavy atom. The second-order valence-corrected chi connectivity index (χ2v) is 7.50. The lowest BCUT2D eigenvalue weighted by atomic mass is 10.1. The number of carboxylic acids is 1. The van der Waals surface area contributed by atoms with E-state index < -0.39 is 29.7 Å². The molecular formula is C23H22F3N3O3. The summed E-state index contributed by atoms with van der Waals surface area (Å²) in [6.07, 6.45) is -4.46. The number of benzene rings is 2. The zero-order valence-corrected chi connectivity index (χ0v) is 17.7. The number of aromatic nitrogens is 2. The van der Waals surface area contributed by atoms with Gasteiger partial charge in [-0.3, -0.25) is 4.79 Å². The minimum atomic E-state index is -4.46. The van der Waals surface area contributed by atoms with Gasteiger partial charge in [0, 0.05) is 6.54 Å². The number of hydrogen-bond donors (Lipinski definition) is 2. The number of aromatic carboxylic acids is 1.